The minimum Gasteiger partial charge on any atom is -0.449 e. The Balaban J connectivity index is 1.64. The van der Waals surface area contributed by atoms with Crippen molar-refractivity contribution in [3.05, 3.63) is 66.0 Å². The van der Waals surface area contributed by atoms with E-state index in [1.54, 1.807) is 36.4 Å². The lowest BCUT2D eigenvalue weighted by molar-refractivity contribution is -0.123. The summed E-state index contributed by atoms with van der Waals surface area (Å²) in [6.07, 6.45) is 0.475. The van der Waals surface area contributed by atoms with Crippen LogP contribution in [0.25, 0.3) is 5.69 Å². The second-order valence-corrected chi connectivity index (χ2v) is 5.71. The van der Waals surface area contributed by atoms with Crippen molar-refractivity contribution in [2.75, 3.05) is 5.32 Å². The zero-order chi connectivity index (χ0) is 18.5. The maximum absolute atomic E-state index is 12.3. The van der Waals surface area contributed by atoms with Crippen LogP contribution >= 0.6 is 0 Å². The third-order valence-electron chi connectivity index (χ3n) is 3.67. The first kappa shape index (κ1) is 17.3. The van der Waals surface area contributed by atoms with Crippen LogP contribution in [0, 0.1) is 6.92 Å². The molecule has 0 bridgehead atoms. The predicted octanol–water partition coefficient (Wildman–Crippen LogP) is 2.15. The van der Waals surface area contributed by atoms with Crippen LogP contribution in [0.4, 0.5) is 5.69 Å². The van der Waals surface area contributed by atoms with E-state index < -0.39 is 18.0 Å². The van der Waals surface area contributed by atoms with Gasteiger partial charge in [-0.2, -0.15) is 0 Å². The van der Waals surface area contributed by atoms with Crippen LogP contribution in [0.1, 0.15) is 22.8 Å². The van der Waals surface area contributed by atoms with Gasteiger partial charge in [0.15, 0.2) is 6.10 Å². The van der Waals surface area contributed by atoms with Gasteiger partial charge in [-0.3, -0.25) is 4.79 Å². The SMILES string of the molecule is Cc1ccc(NC(=O)C(C)OC(=O)c2cccc(-n3cnnn3)c2)cc1. The van der Waals surface area contributed by atoms with E-state index in [2.05, 4.69) is 20.8 Å². The number of hydrogen-bond donors (Lipinski definition) is 1. The van der Waals surface area contributed by atoms with Crippen LogP contribution in [0.15, 0.2) is 54.9 Å². The van der Waals surface area contributed by atoms with Gasteiger partial charge in [-0.15, -0.1) is 5.10 Å². The minimum atomic E-state index is -0.944. The van der Waals surface area contributed by atoms with Gasteiger partial charge >= 0.3 is 5.97 Å². The molecule has 0 fully saturated rings. The van der Waals surface area contributed by atoms with Gasteiger partial charge in [0.1, 0.15) is 6.33 Å². The van der Waals surface area contributed by atoms with E-state index in [4.69, 9.17) is 4.74 Å². The van der Waals surface area contributed by atoms with Gasteiger partial charge in [0.25, 0.3) is 5.91 Å². The zero-order valence-electron chi connectivity index (χ0n) is 14.3. The molecule has 1 amide bonds. The largest absolute Gasteiger partial charge is 0.449 e. The molecule has 0 radical (unpaired) electrons. The fourth-order valence-corrected chi connectivity index (χ4v) is 2.22. The second kappa shape index (κ2) is 7.56. The summed E-state index contributed by atoms with van der Waals surface area (Å²) in [5.41, 5.74) is 2.64. The number of aryl methyl sites for hydroxylation is 1. The van der Waals surface area contributed by atoms with E-state index in [1.165, 1.54) is 17.9 Å². The predicted molar refractivity (Wildman–Crippen MR) is 93.8 cm³/mol. The monoisotopic (exact) mass is 351 g/mol. The molecule has 1 unspecified atom stereocenters. The first-order valence-electron chi connectivity index (χ1n) is 7.95. The Kier molecular flexibility index (Phi) is 5.02. The van der Waals surface area contributed by atoms with Crippen molar-refractivity contribution in [3.63, 3.8) is 0 Å². The summed E-state index contributed by atoms with van der Waals surface area (Å²) in [5.74, 6) is -1.01. The number of nitrogens with zero attached hydrogens (tertiary/aromatic N) is 4. The van der Waals surface area contributed by atoms with Crippen molar-refractivity contribution in [2.45, 2.75) is 20.0 Å². The maximum Gasteiger partial charge on any atom is 0.338 e. The number of tetrazole rings is 1. The molecule has 132 valence electrons. The Bertz CT molecular complexity index is 907. The van der Waals surface area contributed by atoms with Crippen LogP contribution in [-0.2, 0) is 9.53 Å². The molecule has 0 aliphatic heterocycles. The number of amides is 1. The van der Waals surface area contributed by atoms with Crippen LogP contribution in [-0.4, -0.2) is 38.2 Å². The average molecular weight is 351 g/mol. The smallest absolute Gasteiger partial charge is 0.338 e. The summed E-state index contributed by atoms with van der Waals surface area (Å²) >= 11 is 0. The summed E-state index contributed by atoms with van der Waals surface area (Å²) in [7, 11) is 0. The van der Waals surface area contributed by atoms with E-state index in [0.717, 1.165) is 5.56 Å². The number of hydrogen-bond acceptors (Lipinski definition) is 6. The molecule has 2 aromatic carbocycles. The molecule has 0 aliphatic carbocycles. The lowest BCUT2D eigenvalue weighted by Gasteiger charge is -2.14. The molecular formula is C18H17N5O3. The Morgan fingerprint density at radius 1 is 1.15 bits per heavy atom. The van der Waals surface area contributed by atoms with Gasteiger partial charge in [-0.05, 0) is 54.6 Å². The highest BCUT2D eigenvalue weighted by Crippen LogP contribution is 2.13. The van der Waals surface area contributed by atoms with Crippen molar-refractivity contribution in [1.29, 1.82) is 0 Å². The second-order valence-electron chi connectivity index (χ2n) is 5.71. The Hall–Kier alpha value is -3.55. The first-order valence-corrected chi connectivity index (χ1v) is 7.95. The molecule has 0 spiro atoms. The molecule has 1 heterocycles. The number of nitrogens with one attached hydrogen (secondary N) is 1. The molecule has 3 aromatic rings. The van der Waals surface area contributed by atoms with Gasteiger partial charge in [-0.1, -0.05) is 23.8 Å². The van der Waals surface area contributed by atoms with Crippen molar-refractivity contribution < 1.29 is 14.3 Å². The summed E-state index contributed by atoms with van der Waals surface area (Å²) in [6.45, 7) is 3.48. The highest BCUT2D eigenvalue weighted by atomic mass is 16.5. The number of carbonyl (C=O) groups is 2. The number of ether oxygens (including phenoxy) is 1. The molecule has 1 N–H and O–H groups in total. The molecule has 0 saturated carbocycles. The average Bonchev–Trinajstić information content (AvgIpc) is 3.18. The van der Waals surface area contributed by atoms with Crippen molar-refractivity contribution in [3.8, 4) is 5.69 Å². The highest BCUT2D eigenvalue weighted by Gasteiger charge is 2.19. The lowest BCUT2D eigenvalue weighted by Crippen LogP contribution is -2.30. The summed E-state index contributed by atoms with van der Waals surface area (Å²) in [6, 6.07) is 14.0. The van der Waals surface area contributed by atoms with Crippen LogP contribution < -0.4 is 5.32 Å². The number of rotatable bonds is 5. The quantitative estimate of drug-likeness (QED) is 0.707. The third kappa shape index (κ3) is 4.10. The number of carbonyl (C=O) groups excluding carboxylic acids is 2. The fourth-order valence-electron chi connectivity index (χ4n) is 2.22. The molecule has 0 saturated heterocycles. The molecule has 0 aliphatic rings. The molecule has 1 aromatic heterocycles. The number of benzene rings is 2. The van der Waals surface area contributed by atoms with E-state index in [0.29, 0.717) is 16.9 Å². The van der Waals surface area contributed by atoms with Gasteiger partial charge in [-0.25, -0.2) is 9.48 Å². The van der Waals surface area contributed by atoms with Crippen LogP contribution in [0.3, 0.4) is 0 Å². The standard InChI is InChI=1S/C18H17N5O3/c1-12-6-8-15(9-7-12)20-17(24)13(2)26-18(25)14-4-3-5-16(10-14)23-11-19-21-22-23/h3-11,13H,1-2H3,(H,20,24). The summed E-state index contributed by atoms with van der Waals surface area (Å²) < 4.78 is 6.68. The third-order valence-corrected chi connectivity index (χ3v) is 3.67. The molecular weight excluding hydrogens is 334 g/mol. The van der Waals surface area contributed by atoms with Crippen LogP contribution in [0.5, 0.6) is 0 Å². The molecule has 8 nitrogen and oxygen atoms in total. The van der Waals surface area contributed by atoms with Gasteiger partial charge in [0.2, 0.25) is 0 Å². The molecule has 1 atom stereocenters. The van der Waals surface area contributed by atoms with Crippen molar-refractivity contribution in [2.24, 2.45) is 0 Å². The van der Waals surface area contributed by atoms with E-state index >= 15 is 0 Å². The fraction of sp³-hybridized carbons (Fsp3) is 0.167. The van der Waals surface area contributed by atoms with Gasteiger partial charge in [0.05, 0.1) is 11.3 Å². The number of anilines is 1. The molecule has 26 heavy (non-hydrogen) atoms. The topological polar surface area (TPSA) is 99.0 Å². The van der Waals surface area contributed by atoms with E-state index in [1.807, 2.05) is 19.1 Å². The van der Waals surface area contributed by atoms with Crippen LogP contribution in [0.2, 0.25) is 0 Å². The Morgan fingerprint density at radius 2 is 1.92 bits per heavy atom. The lowest BCUT2D eigenvalue weighted by atomic mass is 10.2. The number of aromatic nitrogens is 4. The summed E-state index contributed by atoms with van der Waals surface area (Å²) in [4.78, 5) is 24.5. The van der Waals surface area contributed by atoms with Crippen molar-refractivity contribution in [1.82, 2.24) is 20.2 Å². The van der Waals surface area contributed by atoms with Crippen molar-refractivity contribution >= 4 is 17.6 Å². The summed E-state index contributed by atoms with van der Waals surface area (Å²) in [5, 5.41) is 13.6. The highest BCUT2D eigenvalue weighted by molar-refractivity contribution is 5.97. The van der Waals surface area contributed by atoms with Gasteiger partial charge < -0.3 is 10.1 Å². The Labute approximate surface area is 149 Å². The van der Waals surface area contributed by atoms with E-state index in [9.17, 15) is 9.59 Å². The minimum absolute atomic E-state index is 0.299. The first-order chi connectivity index (χ1) is 12.5. The maximum atomic E-state index is 12.3. The molecule has 8 heteroatoms. The normalized spacial score (nSPS) is 11.6. The molecule has 3 rings (SSSR count). The Morgan fingerprint density at radius 3 is 2.62 bits per heavy atom. The zero-order valence-corrected chi connectivity index (χ0v) is 14.3. The van der Waals surface area contributed by atoms with E-state index in [-0.39, 0.29) is 0 Å². The van der Waals surface area contributed by atoms with Gasteiger partial charge in [0, 0.05) is 5.69 Å². The number of esters is 1.